The third-order valence-electron chi connectivity index (χ3n) is 4.55. The Kier molecular flexibility index (Phi) is 7.05. The lowest BCUT2D eigenvalue weighted by atomic mass is 9.96. The number of ether oxygens (including phenoxy) is 2. The molecular formula is C16H34N4O2. The quantitative estimate of drug-likeness (QED) is 0.708. The SMILES string of the molecule is COC1CC(C)CN(NCC2CC(OC(C)C)CN(N)C2)C1. The summed E-state index contributed by atoms with van der Waals surface area (Å²) in [5.41, 5.74) is 3.60. The van der Waals surface area contributed by atoms with Gasteiger partial charge in [-0.25, -0.2) is 10.0 Å². The summed E-state index contributed by atoms with van der Waals surface area (Å²) in [6.45, 7) is 11.2. The average Bonchev–Trinajstić information content (AvgIpc) is 2.43. The van der Waals surface area contributed by atoms with E-state index < -0.39 is 0 Å². The average molecular weight is 314 g/mol. The van der Waals surface area contributed by atoms with E-state index in [1.165, 1.54) is 0 Å². The fourth-order valence-corrected chi connectivity index (χ4v) is 3.67. The van der Waals surface area contributed by atoms with Crippen molar-refractivity contribution in [1.29, 1.82) is 0 Å². The Hall–Kier alpha value is -0.240. The van der Waals surface area contributed by atoms with Gasteiger partial charge in [-0.1, -0.05) is 6.92 Å². The number of hydrazine groups is 2. The Bertz CT molecular complexity index is 327. The molecule has 2 aliphatic heterocycles. The molecule has 6 heteroatoms. The summed E-state index contributed by atoms with van der Waals surface area (Å²) >= 11 is 0. The maximum absolute atomic E-state index is 6.06. The van der Waals surface area contributed by atoms with Gasteiger partial charge in [-0.15, -0.1) is 0 Å². The Morgan fingerprint density at radius 3 is 2.59 bits per heavy atom. The highest BCUT2D eigenvalue weighted by atomic mass is 16.5. The van der Waals surface area contributed by atoms with Crippen LogP contribution in [0.25, 0.3) is 0 Å². The number of nitrogens with one attached hydrogen (secondary N) is 1. The van der Waals surface area contributed by atoms with E-state index >= 15 is 0 Å². The molecule has 0 saturated carbocycles. The Balaban J connectivity index is 1.77. The number of nitrogens with zero attached hydrogens (tertiary/aromatic N) is 2. The molecule has 4 unspecified atom stereocenters. The van der Waals surface area contributed by atoms with Gasteiger partial charge in [0, 0.05) is 39.8 Å². The Morgan fingerprint density at radius 2 is 1.91 bits per heavy atom. The first-order valence-corrected chi connectivity index (χ1v) is 8.62. The molecule has 0 aromatic carbocycles. The lowest BCUT2D eigenvalue weighted by Gasteiger charge is -2.39. The first-order valence-electron chi connectivity index (χ1n) is 8.62. The summed E-state index contributed by atoms with van der Waals surface area (Å²) in [4.78, 5) is 0. The van der Waals surface area contributed by atoms with Crippen LogP contribution in [0.4, 0.5) is 0 Å². The van der Waals surface area contributed by atoms with Crippen LogP contribution in [0.1, 0.15) is 33.6 Å². The van der Waals surface area contributed by atoms with Crippen LogP contribution in [-0.4, -0.2) is 68.2 Å². The first-order chi connectivity index (χ1) is 10.5. The number of rotatable bonds is 6. The molecule has 2 heterocycles. The Labute approximate surface area is 135 Å². The van der Waals surface area contributed by atoms with E-state index in [4.69, 9.17) is 15.3 Å². The topological polar surface area (TPSA) is 63.0 Å². The second-order valence-electron chi connectivity index (χ2n) is 7.33. The second-order valence-corrected chi connectivity index (χ2v) is 7.33. The van der Waals surface area contributed by atoms with Crippen LogP contribution in [0.3, 0.4) is 0 Å². The zero-order valence-electron chi connectivity index (χ0n) is 14.6. The molecule has 2 aliphatic rings. The van der Waals surface area contributed by atoms with E-state index in [1.54, 1.807) is 0 Å². The van der Waals surface area contributed by atoms with Crippen molar-refractivity contribution in [1.82, 2.24) is 15.4 Å². The van der Waals surface area contributed by atoms with Crippen molar-refractivity contribution in [3.63, 3.8) is 0 Å². The molecule has 6 nitrogen and oxygen atoms in total. The smallest absolute Gasteiger partial charge is 0.0723 e. The standard InChI is InChI=1S/C16H34N4O2/c1-12(2)22-16-6-14(9-19(17)10-16)7-18-20-8-13(3)5-15(11-20)21-4/h12-16,18H,5-11,17H2,1-4H3. The van der Waals surface area contributed by atoms with Crippen molar-refractivity contribution < 1.29 is 9.47 Å². The minimum Gasteiger partial charge on any atom is -0.380 e. The van der Waals surface area contributed by atoms with Gasteiger partial charge >= 0.3 is 0 Å². The van der Waals surface area contributed by atoms with Crippen LogP contribution < -0.4 is 11.3 Å². The molecular weight excluding hydrogens is 280 g/mol. The summed E-state index contributed by atoms with van der Waals surface area (Å²) < 4.78 is 11.5. The molecule has 4 atom stereocenters. The van der Waals surface area contributed by atoms with Gasteiger partial charge in [0.15, 0.2) is 0 Å². The van der Waals surface area contributed by atoms with Gasteiger partial charge in [0.05, 0.1) is 18.3 Å². The largest absolute Gasteiger partial charge is 0.380 e. The third kappa shape index (κ3) is 5.76. The van der Waals surface area contributed by atoms with Gasteiger partial charge in [-0.3, -0.25) is 11.3 Å². The maximum Gasteiger partial charge on any atom is 0.0723 e. The van der Waals surface area contributed by atoms with Crippen LogP contribution in [0.15, 0.2) is 0 Å². The highest BCUT2D eigenvalue weighted by molar-refractivity contribution is 4.80. The number of nitrogens with two attached hydrogens (primary N) is 1. The predicted octanol–water partition coefficient (Wildman–Crippen LogP) is 0.837. The van der Waals surface area contributed by atoms with Gasteiger partial charge in [0.25, 0.3) is 0 Å². The molecule has 2 fully saturated rings. The zero-order valence-corrected chi connectivity index (χ0v) is 14.6. The van der Waals surface area contributed by atoms with E-state index in [0.29, 0.717) is 17.9 Å². The first kappa shape index (κ1) is 18.1. The molecule has 0 radical (unpaired) electrons. The second kappa shape index (κ2) is 8.57. The van der Waals surface area contributed by atoms with Crippen LogP contribution >= 0.6 is 0 Å². The molecule has 0 aromatic rings. The molecule has 0 bridgehead atoms. The fourth-order valence-electron chi connectivity index (χ4n) is 3.67. The van der Waals surface area contributed by atoms with E-state index in [2.05, 4.69) is 31.2 Å². The minimum atomic E-state index is 0.248. The van der Waals surface area contributed by atoms with Crippen molar-refractivity contribution in [2.75, 3.05) is 39.8 Å². The molecule has 0 amide bonds. The molecule has 0 spiro atoms. The molecule has 22 heavy (non-hydrogen) atoms. The van der Waals surface area contributed by atoms with Gasteiger partial charge < -0.3 is 9.47 Å². The minimum absolute atomic E-state index is 0.248. The molecule has 0 aromatic heterocycles. The molecule has 3 N–H and O–H groups in total. The number of piperidine rings is 2. The zero-order chi connectivity index (χ0) is 16.1. The Morgan fingerprint density at radius 1 is 1.14 bits per heavy atom. The molecule has 0 aliphatic carbocycles. The highest BCUT2D eigenvalue weighted by Crippen LogP contribution is 2.20. The van der Waals surface area contributed by atoms with Gasteiger partial charge in [0.1, 0.15) is 0 Å². The fraction of sp³-hybridized carbons (Fsp3) is 1.00. The van der Waals surface area contributed by atoms with Gasteiger partial charge in [-0.05, 0) is 38.5 Å². The van der Waals surface area contributed by atoms with Crippen molar-refractivity contribution in [2.24, 2.45) is 17.7 Å². The summed E-state index contributed by atoms with van der Waals surface area (Å²) in [5.74, 6) is 7.25. The lowest BCUT2D eigenvalue weighted by Crippen LogP contribution is -2.54. The van der Waals surface area contributed by atoms with Crippen molar-refractivity contribution >= 4 is 0 Å². The summed E-state index contributed by atoms with van der Waals surface area (Å²) in [6.07, 6.45) is 3.08. The predicted molar refractivity (Wildman–Crippen MR) is 88.0 cm³/mol. The highest BCUT2D eigenvalue weighted by Gasteiger charge is 2.29. The van der Waals surface area contributed by atoms with Gasteiger partial charge in [-0.2, -0.15) is 0 Å². The van der Waals surface area contributed by atoms with Crippen LogP contribution in [0.5, 0.6) is 0 Å². The van der Waals surface area contributed by atoms with E-state index in [0.717, 1.165) is 45.6 Å². The molecule has 2 rings (SSSR count). The van der Waals surface area contributed by atoms with Gasteiger partial charge in [0.2, 0.25) is 0 Å². The normalized spacial score (nSPS) is 35.2. The summed E-state index contributed by atoms with van der Waals surface area (Å²) in [6, 6.07) is 0. The molecule has 130 valence electrons. The summed E-state index contributed by atoms with van der Waals surface area (Å²) in [5, 5.41) is 4.22. The number of methoxy groups -OCH3 is 1. The maximum atomic E-state index is 6.06. The van der Waals surface area contributed by atoms with Crippen LogP contribution in [0.2, 0.25) is 0 Å². The van der Waals surface area contributed by atoms with E-state index in [1.807, 2.05) is 12.1 Å². The van der Waals surface area contributed by atoms with Crippen LogP contribution in [-0.2, 0) is 9.47 Å². The van der Waals surface area contributed by atoms with Crippen molar-refractivity contribution in [3.05, 3.63) is 0 Å². The lowest BCUT2D eigenvalue weighted by molar-refractivity contribution is -0.0548. The van der Waals surface area contributed by atoms with Crippen LogP contribution in [0, 0.1) is 11.8 Å². The van der Waals surface area contributed by atoms with Crippen molar-refractivity contribution in [3.8, 4) is 0 Å². The number of hydrogen-bond donors (Lipinski definition) is 2. The van der Waals surface area contributed by atoms with E-state index in [9.17, 15) is 0 Å². The van der Waals surface area contributed by atoms with Crippen molar-refractivity contribution in [2.45, 2.75) is 51.9 Å². The monoisotopic (exact) mass is 314 g/mol. The summed E-state index contributed by atoms with van der Waals surface area (Å²) in [7, 11) is 1.81. The number of hydrogen-bond acceptors (Lipinski definition) is 6. The third-order valence-corrected chi connectivity index (χ3v) is 4.55. The van der Waals surface area contributed by atoms with E-state index in [-0.39, 0.29) is 12.2 Å². The molecule has 2 saturated heterocycles.